The molecule has 0 spiro atoms. The maximum absolute atomic E-state index is 12.4. The zero-order chi connectivity index (χ0) is 9.68. The zero-order valence-corrected chi connectivity index (χ0v) is 6.81. The summed E-state index contributed by atoms with van der Waals surface area (Å²) in [6.45, 7) is 0. The van der Waals surface area contributed by atoms with Crippen LogP contribution in [0.25, 0.3) is 0 Å². The molecule has 0 radical (unpaired) electrons. The number of hydrogen-bond donors (Lipinski definition) is 2. The first-order valence-corrected chi connectivity index (χ1v) is 3.56. The van der Waals surface area contributed by atoms with E-state index in [0.717, 1.165) is 5.56 Å². The lowest BCUT2D eigenvalue weighted by molar-refractivity contribution is 0.628. The number of nitrogens with two attached hydrogens (primary N) is 2. The van der Waals surface area contributed by atoms with Crippen molar-refractivity contribution < 1.29 is 4.39 Å². The van der Waals surface area contributed by atoms with Crippen LogP contribution in [0.2, 0.25) is 0 Å². The number of hydrogen-bond acceptors (Lipinski definition) is 2. The van der Waals surface area contributed by atoms with Gasteiger partial charge in [-0.15, -0.1) is 5.10 Å². The van der Waals surface area contributed by atoms with Gasteiger partial charge in [0.2, 0.25) is 5.96 Å². The predicted octanol–water partition coefficient (Wildman–Crippen LogP) is 0.433. The summed E-state index contributed by atoms with van der Waals surface area (Å²) in [6, 6.07) is 5.80. The molecule has 0 unspecified atom stereocenters. The molecular formula is C8H9FN4. The third-order valence-corrected chi connectivity index (χ3v) is 1.25. The third-order valence-electron chi connectivity index (χ3n) is 1.25. The fourth-order valence-electron chi connectivity index (χ4n) is 0.711. The summed E-state index contributed by atoms with van der Waals surface area (Å²) in [5.41, 5.74) is 10.8. The third kappa shape index (κ3) is 3.33. The van der Waals surface area contributed by atoms with E-state index in [4.69, 9.17) is 11.5 Å². The summed E-state index contributed by atoms with van der Waals surface area (Å²) in [7, 11) is 0. The molecule has 0 atom stereocenters. The molecule has 0 saturated carbocycles. The van der Waals surface area contributed by atoms with E-state index in [1.807, 2.05) is 0 Å². The second kappa shape index (κ2) is 4.20. The molecule has 1 aromatic rings. The molecule has 0 saturated heterocycles. The Morgan fingerprint density at radius 2 is 1.85 bits per heavy atom. The van der Waals surface area contributed by atoms with Gasteiger partial charge in [-0.2, -0.15) is 5.10 Å². The highest BCUT2D eigenvalue weighted by Crippen LogP contribution is 1.99. The molecule has 4 N–H and O–H groups in total. The molecule has 0 aliphatic rings. The number of guanidine groups is 1. The van der Waals surface area contributed by atoms with Crippen molar-refractivity contribution in [1.82, 2.24) is 0 Å². The fourth-order valence-corrected chi connectivity index (χ4v) is 0.711. The minimum absolute atomic E-state index is 0.113. The molecule has 0 fully saturated rings. The lowest BCUT2D eigenvalue weighted by Crippen LogP contribution is -2.21. The molecule has 0 bridgehead atoms. The molecule has 1 aromatic carbocycles. The number of halogens is 1. The van der Waals surface area contributed by atoms with Gasteiger partial charge in [0, 0.05) is 0 Å². The fraction of sp³-hybridized carbons (Fsp3) is 0. The van der Waals surface area contributed by atoms with E-state index >= 15 is 0 Å². The summed E-state index contributed by atoms with van der Waals surface area (Å²) in [4.78, 5) is 0. The summed E-state index contributed by atoms with van der Waals surface area (Å²) in [5.74, 6) is -0.405. The monoisotopic (exact) mass is 180 g/mol. The van der Waals surface area contributed by atoms with E-state index in [9.17, 15) is 4.39 Å². The first-order chi connectivity index (χ1) is 6.18. The minimum atomic E-state index is -0.293. The van der Waals surface area contributed by atoms with Crippen LogP contribution in [0, 0.1) is 5.82 Å². The standard InChI is InChI=1S/C8H9FN4/c9-7-3-1-6(2-4-7)5-12-13-8(10)11/h1-5H,(H4,10,11,13). The van der Waals surface area contributed by atoms with Crippen LogP contribution in [-0.4, -0.2) is 12.2 Å². The average Bonchev–Trinajstić information content (AvgIpc) is 2.08. The van der Waals surface area contributed by atoms with Crippen molar-refractivity contribution >= 4 is 12.2 Å². The highest BCUT2D eigenvalue weighted by molar-refractivity contribution is 5.81. The Morgan fingerprint density at radius 1 is 1.23 bits per heavy atom. The van der Waals surface area contributed by atoms with Crippen LogP contribution in [0.1, 0.15) is 5.56 Å². The molecule has 5 heteroatoms. The van der Waals surface area contributed by atoms with Crippen molar-refractivity contribution in [3.63, 3.8) is 0 Å². The summed E-state index contributed by atoms with van der Waals surface area (Å²) < 4.78 is 12.4. The van der Waals surface area contributed by atoms with Crippen LogP contribution in [0.3, 0.4) is 0 Å². The topological polar surface area (TPSA) is 76.8 Å². The Hall–Kier alpha value is -1.91. The Kier molecular flexibility index (Phi) is 2.97. The van der Waals surface area contributed by atoms with E-state index in [2.05, 4.69) is 10.2 Å². The van der Waals surface area contributed by atoms with Crippen LogP contribution in [0.4, 0.5) is 4.39 Å². The maximum atomic E-state index is 12.4. The Labute approximate surface area is 74.8 Å². The van der Waals surface area contributed by atoms with E-state index < -0.39 is 0 Å². The first kappa shape index (κ1) is 9.18. The largest absolute Gasteiger partial charge is 0.369 e. The molecular weight excluding hydrogens is 171 g/mol. The minimum Gasteiger partial charge on any atom is -0.369 e. The molecule has 68 valence electrons. The highest BCUT2D eigenvalue weighted by Gasteiger charge is 1.88. The lowest BCUT2D eigenvalue weighted by atomic mass is 10.2. The van der Waals surface area contributed by atoms with E-state index in [0.29, 0.717) is 0 Å². The van der Waals surface area contributed by atoms with Gasteiger partial charge in [-0.1, -0.05) is 12.1 Å². The Bertz CT molecular complexity index is 325. The van der Waals surface area contributed by atoms with E-state index in [-0.39, 0.29) is 11.8 Å². The molecule has 13 heavy (non-hydrogen) atoms. The van der Waals surface area contributed by atoms with Crippen LogP contribution in [0.15, 0.2) is 34.5 Å². The van der Waals surface area contributed by atoms with Crippen LogP contribution >= 0.6 is 0 Å². The molecule has 0 heterocycles. The number of nitrogens with zero attached hydrogens (tertiary/aromatic N) is 2. The van der Waals surface area contributed by atoms with Crippen molar-refractivity contribution in [2.75, 3.05) is 0 Å². The van der Waals surface area contributed by atoms with Crippen molar-refractivity contribution in [2.24, 2.45) is 21.7 Å². The van der Waals surface area contributed by atoms with Crippen LogP contribution in [-0.2, 0) is 0 Å². The second-order valence-electron chi connectivity index (χ2n) is 2.32. The first-order valence-electron chi connectivity index (χ1n) is 3.56. The van der Waals surface area contributed by atoms with Crippen molar-refractivity contribution in [1.29, 1.82) is 0 Å². The average molecular weight is 180 g/mol. The molecule has 4 nitrogen and oxygen atoms in total. The van der Waals surface area contributed by atoms with Gasteiger partial charge >= 0.3 is 0 Å². The normalized spacial score (nSPS) is 10.2. The Balaban J connectivity index is 2.70. The maximum Gasteiger partial charge on any atom is 0.211 e. The number of benzene rings is 1. The zero-order valence-electron chi connectivity index (χ0n) is 6.81. The van der Waals surface area contributed by atoms with Gasteiger partial charge in [-0.05, 0) is 17.7 Å². The van der Waals surface area contributed by atoms with Crippen molar-refractivity contribution in [3.05, 3.63) is 35.6 Å². The molecule has 1 rings (SSSR count). The van der Waals surface area contributed by atoms with Gasteiger partial charge in [0.15, 0.2) is 0 Å². The van der Waals surface area contributed by atoms with Crippen LogP contribution in [0.5, 0.6) is 0 Å². The van der Waals surface area contributed by atoms with Crippen molar-refractivity contribution in [3.8, 4) is 0 Å². The van der Waals surface area contributed by atoms with Gasteiger partial charge in [-0.25, -0.2) is 4.39 Å². The quantitative estimate of drug-likeness (QED) is 0.393. The lowest BCUT2D eigenvalue weighted by Gasteiger charge is -1.90. The number of rotatable bonds is 2. The van der Waals surface area contributed by atoms with Gasteiger partial charge in [-0.3, -0.25) is 0 Å². The SMILES string of the molecule is NC(N)=NN=Cc1ccc(F)cc1. The van der Waals surface area contributed by atoms with Gasteiger partial charge < -0.3 is 11.5 Å². The van der Waals surface area contributed by atoms with Gasteiger partial charge in [0.05, 0.1) is 6.21 Å². The molecule has 0 aliphatic heterocycles. The Morgan fingerprint density at radius 3 is 2.38 bits per heavy atom. The van der Waals surface area contributed by atoms with Gasteiger partial charge in [0.25, 0.3) is 0 Å². The molecule has 0 aromatic heterocycles. The van der Waals surface area contributed by atoms with Gasteiger partial charge in [0.1, 0.15) is 5.82 Å². The smallest absolute Gasteiger partial charge is 0.211 e. The molecule has 0 aliphatic carbocycles. The highest BCUT2D eigenvalue weighted by atomic mass is 19.1. The van der Waals surface area contributed by atoms with E-state index in [1.165, 1.54) is 18.3 Å². The van der Waals surface area contributed by atoms with E-state index in [1.54, 1.807) is 12.1 Å². The summed E-state index contributed by atoms with van der Waals surface area (Å²) in [5, 5.41) is 6.95. The summed E-state index contributed by atoms with van der Waals surface area (Å²) >= 11 is 0. The summed E-state index contributed by atoms with van der Waals surface area (Å²) in [6.07, 6.45) is 1.43. The molecule has 0 amide bonds. The predicted molar refractivity (Wildman–Crippen MR) is 49.8 cm³/mol. The second-order valence-corrected chi connectivity index (χ2v) is 2.32. The van der Waals surface area contributed by atoms with Crippen molar-refractivity contribution in [2.45, 2.75) is 0 Å². The van der Waals surface area contributed by atoms with Crippen LogP contribution < -0.4 is 11.5 Å².